The van der Waals surface area contributed by atoms with Crippen molar-refractivity contribution >= 4 is 17.5 Å². The predicted molar refractivity (Wildman–Crippen MR) is 102 cm³/mol. The van der Waals surface area contributed by atoms with Crippen molar-refractivity contribution in [3.05, 3.63) is 77.7 Å². The zero-order valence-electron chi connectivity index (χ0n) is 15.1. The minimum absolute atomic E-state index is 0.208. The normalized spacial score (nSPS) is 13.0. The first kappa shape index (κ1) is 17.7. The number of ether oxygens (including phenoxy) is 2. The summed E-state index contributed by atoms with van der Waals surface area (Å²) in [5.41, 5.74) is 1.98. The Hall–Kier alpha value is -3.74. The molecule has 0 saturated carbocycles. The van der Waals surface area contributed by atoms with E-state index >= 15 is 0 Å². The van der Waals surface area contributed by atoms with Gasteiger partial charge in [0, 0.05) is 11.3 Å². The molecule has 2 heterocycles. The van der Waals surface area contributed by atoms with Crippen molar-refractivity contribution in [3.63, 3.8) is 0 Å². The van der Waals surface area contributed by atoms with Crippen molar-refractivity contribution in [2.75, 3.05) is 12.1 Å². The van der Waals surface area contributed by atoms with Gasteiger partial charge in [-0.1, -0.05) is 6.07 Å². The topological polar surface area (TPSA) is 89.8 Å². The van der Waals surface area contributed by atoms with E-state index < -0.39 is 0 Å². The molecule has 1 unspecified atom stereocenters. The standard InChI is InChI=1S/C21H18N2O5/c1-13(15-6-9-17-19(11-15)28-12-27-17)22-20(24)14-4-7-16(8-5-14)23-21(25)18-3-2-10-26-18/h2-11,13H,12H2,1H3,(H,22,24)(H,23,25). The molecule has 3 aromatic rings. The zero-order valence-corrected chi connectivity index (χ0v) is 15.1. The van der Waals surface area contributed by atoms with Crippen LogP contribution in [0.1, 0.15) is 39.4 Å². The van der Waals surface area contributed by atoms with Crippen molar-refractivity contribution in [1.29, 1.82) is 0 Å². The van der Waals surface area contributed by atoms with Crippen LogP contribution in [0.15, 0.2) is 65.3 Å². The van der Waals surface area contributed by atoms with Gasteiger partial charge in [0.15, 0.2) is 17.3 Å². The summed E-state index contributed by atoms with van der Waals surface area (Å²) in [5.74, 6) is 1.04. The lowest BCUT2D eigenvalue weighted by atomic mass is 10.1. The second kappa shape index (κ2) is 7.48. The lowest BCUT2D eigenvalue weighted by Crippen LogP contribution is -2.26. The number of carbonyl (C=O) groups excluding carboxylic acids is 2. The second-order valence-corrected chi connectivity index (χ2v) is 6.32. The van der Waals surface area contributed by atoms with Crippen LogP contribution in [0.25, 0.3) is 0 Å². The van der Waals surface area contributed by atoms with Crippen LogP contribution in [0, 0.1) is 0 Å². The van der Waals surface area contributed by atoms with Gasteiger partial charge >= 0.3 is 0 Å². The van der Waals surface area contributed by atoms with E-state index in [0.717, 1.165) is 5.56 Å². The fourth-order valence-corrected chi connectivity index (χ4v) is 2.85. The zero-order chi connectivity index (χ0) is 19.5. The number of nitrogens with one attached hydrogen (secondary N) is 2. The summed E-state index contributed by atoms with van der Waals surface area (Å²) >= 11 is 0. The molecule has 1 aliphatic rings. The van der Waals surface area contributed by atoms with E-state index in [9.17, 15) is 9.59 Å². The summed E-state index contributed by atoms with van der Waals surface area (Å²) in [5, 5.41) is 5.66. The van der Waals surface area contributed by atoms with Crippen LogP contribution in [0.5, 0.6) is 11.5 Å². The maximum atomic E-state index is 12.5. The van der Waals surface area contributed by atoms with Crippen molar-refractivity contribution in [2.45, 2.75) is 13.0 Å². The van der Waals surface area contributed by atoms with Gasteiger partial charge in [0.05, 0.1) is 12.3 Å². The summed E-state index contributed by atoms with van der Waals surface area (Å²) in [6.07, 6.45) is 1.43. The number of anilines is 1. The molecule has 0 spiro atoms. The first-order valence-corrected chi connectivity index (χ1v) is 8.75. The summed E-state index contributed by atoms with van der Waals surface area (Å²) < 4.78 is 15.7. The lowest BCUT2D eigenvalue weighted by molar-refractivity contribution is 0.0939. The lowest BCUT2D eigenvalue weighted by Gasteiger charge is -2.15. The average molecular weight is 378 g/mol. The Kier molecular flexibility index (Phi) is 4.72. The highest BCUT2D eigenvalue weighted by Gasteiger charge is 2.17. The molecule has 2 amide bonds. The highest BCUT2D eigenvalue weighted by Crippen LogP contribution is 2.34. The number of rotatable bonds is 5. The number of hydrogen-bond acceptors (Lipinski definition) is 5. The van der Waals surface area contributed by atoms with Gasteiger partial charge < -0.3 is 24.5 Å². The van der Waals surface area contributed by atoms with Gasteiger partial charge in [-0.25, -0.2) is 0 Å². The van der Waals surface area contributed by atoms with Gasteiger partial charge in [-0.3, -0.25) is 9.59 Å². The number of hydrogen-bond donors (Lipinski definition) is 2. The average Bonchev–Trinajstić information content (AvgIpc) is 3.39. The Morgan fingerprint density at radius 1 is 0.964 bits per heavy atom. The molecule has 1 aromatic heterocycles. The van der Waals surface area contributed by atoms with Crippen LogP contribution in [-0.4, -0.2) is 18.6 Å². The summed E-state index contributed by atoms with van der Waals surface area (Å²) in [6, 6.07) is 15.2. The summed E-state index contributed by atoms with van der Waals surface area (Å²) in [6.45, 7) is 2.11. The van der Waals surface area contributed by atoms with Crippen LogP contribution in [0.4, 0.5) is 5.69 Å². The van der Waals surface area contributed by atoms with E-state index in [2.05, 4.69) is 10.6 Å². The van der Waals surface area contributed by atoms with Gasteiger partial charge in [0.25, 0.3) is 11.8 Å². The molecule has 1 atom stereocenters. The van der Waals surface area contributed by atoms with Crippen LogP contribution in [0.3, 0.4) is 0 Å². The quantitative estimate of drug-likeness (QED) is 0.706. The van der Waals surface area contributed by atoms with E-state index in [-0.39, 0.29) is 30.4 Å². The number of amides is 2. The number of fused-ring (bicyclic) bond motifs is 1. The molecule has 7 heteroatoms. The van der Waals surface area contributed by atoms with Crippen molar-refractivity contribution in [2.24, 2.45) is 0 Å². The largest absolute Gasteiger partial charge is 0.459 e. The molecule has 0 aliphatic carbocycles. The monoisotopic (exact) mass is 378 g/mol. The third-order valence-corrected chi connectivity index (χ3v) is 4.39. The molecule has 142 valence electrons. The molecule has 0 bridgehead atoms. The first-order valence-electron chi connectivity index (χ1n) is 8.75. The van der Waals surface area contributed by atoms with E-state index in [1.807, 2.05) is 25.1 Å². The van der Waals surface area contributed by atoms with Crippen molar-refractivity contribution < 1.29 is 23.5 Å². The summed E-state index contributed by atoms with van der Waals surface area (Å²) in [4.78, 5) is 24.5. The van der Waals surface area contributed by atoms with Crippen LogP contribution >= 0.6 is 0 Å². The Morgan fingerprint density at radius 2 is 1.75 bits per heavy atom. The van der Waals surface area contributed by atoms with E-state index in [4.69, 9.17) is 13.9 Å². The minimum Gasteiger partial charge on any atom is -0.459 e. The second-order valence-electron chi connectivity index (χ2n) is 6.32. The maximum Gasteiger partial charge on any atom is 0.291 e. The SMILES string of the molecule is CC(NC(=O)c1ccc(NC(=O)c2ccco2)cc1)c1ccc2c(c1)OCO2. The Bertz CT molecular complexity index is 996. The van der Waals surface area contributed by atoms with E-state index in [0.29, 0.717) is 22.7 Å². The Labute approximate surface area is 161 Å². The van der Waals surface area contributed by atoms with E-state index in [1.165, 1.54) is 6.26 Å². The third-order valence-electron chi connectivity index (χ3n) is 4.39. The van der Waals surface area contributed by atoms with Crippen LogP contribution in [0.2, 0.25) is 0 Å². The molecule has 4 rings (SSSR count). The van der Waals surface area contributed by atoms with Crippen LogP contribution in [-0.2, 0) is 0 Å². The predicted octanol–water partition coefficient (Wildman–Crippen LogP) is 3.75. The van der Waals surface area contributed by atoms with Gasteiger partial charge in [-0.2, -0.15) is 0 Å². The highest BCUT2D eigenvalue weighted by atomic mass is 16.7. The molecular formula is C21H18N2O5. The van der Waals surface area contributed by atoms with Crippen LogP contribution < -0.4 is 20.1 Å². The van der Waals surface area contributed by atoms with Gasteiger partial charge in [0.1, 0.15) is 0 Å². The smallest absolute Gasteiger partial charge is 0.291 e. The molecule has 7 nitrogen and oxygen atoms in total. The fraction of sp³-hybridized carbons (Fsp3) is 0.143. The summed E-state index contributed by atoms with van der Waals surface area (Å²) in [7, 11) is 0. The molecule has 0 saturated heterocycles. The number of benzene rings is 2. The van der Waals surface area contributed by atoms with Gasteiger partial charge in [-0.15, -0.1) is 0 Å². The molecule has 0 fully saturated rings. The van der Waals surface area contributed by atoms with Crippen molar-refractivity contribution in [1.82, 2.24) is 5.32 Å². The molecular weight excluding hydrogens is 360 g/mol. The first-order chi connectivity index (χ1) is 13.6. The minimum atomic E-state index is -0.348. The molecule has 28 heavy (non-hydrogen) atoms. The fourth-order valence-electron chi connectivity index (χ4n) is 2.85. The molecule has 2 aromatic carbocycles. The maximum absolute atomic E-state index is 12.5. The molecule has 1 aliphatic heterocycles. The Morgan fingerprint density at radius 3 is 2.50 bits per heavy atom. The highest BCUT2D eigenvalue weighted by molar-refractivity contribution is 6.02. The number of carbonyl (C=O) groups is 2. The molecule has 0 radical (unpaired) electrons. The molecule has 2 N–H and O–H groups in total. The van der Waals surface area contributed by atoms with Gasteiger partial charge in [-0.05, 0) is 61.0 Å². The Balaban J connectivity index is 1.38. The third kappa shape index (κ3) is 3.68. The number of furan rings is 1. The van der Waals surface area contributed by atoms with E-state index in [1.54, 1.807) is 36.4 Å². The van der Waals surface area contributed by atoms with Gasteiger partial charge in [0.2, 0.25) is 6.79 Å². The van der Waals surface area contributed by atoms with Crippen molar-refractivity contribution in [3.8, 4) is 11.5 Å².